The zero-order valence-corrected chi connectivity index (χ0v) is 13.8. The second-order valence-corrected chi connectivity index (χ2v) is 7.71. The highest BCUT2D eigenvalue weighted by atomic mass is 79.9. The number of nitrogens with two attached hydrogens (primary N) is 1. The van der Waals surface area contributed by atoms with Crippen LogP contribution in [-0.4, -0.2) is 38.2 Å². The second kappa shape index (κ2) is 8.18. The summed E-state index contributed by atoms with van der Waals surface area (Å²) in [7, 11) is -3.76. The van der Waals surface area contributed by atoms with Crippen molar-refractivity contribution in [3.05, 3.63) is 22.4 Å². The Bertz CT molecular complexity index is 555. The lowest BCUT2D eigenvalue weighted by atomic mass is 10.3. The van der Waals surface area contributed by atoms with Crippen LogP contribution in [0.4, 0.5) is 10.1 Å². The molecule has 1 rings (SSSR count). The van der Waals surface area contributed by atoms with Gasteiger partial charge in [-0.1, -0.05) is 0 Å². The molecule has 0 amide bonds. The number of nitrogen functional groups attached to an aromatic ring is 1. The summed E-state index contributed by atoms with van der Waals surface area (Å²) in [5.41, 5.74) is 5.40. The van der Waals surface area contributed by atoms with Crippen LogP contribution in [0.15, 0.2) is 21.5 Å². The molecule has 0 heterocycles. The van der Waals surface area contributed by atoms with Gasteiger partial charge in [0.2, 0.25) is 10.0 Å². The van der Waals surface area contributed by atoms with Crippen LogP contribution >= 0.6 is 27.7 Å². The smallest absolute Gasteiger partial charge is 0.242 e. The number of anilines is 1. The fraction of sp³-hybridized carbons (Fsp3) is 0.455. The predicted octanol–water partition coefficient (Wildman–Crippen LogP) is 1.56. The van der Waals surface area contributed by atoms with Crippen molar-refractivity contribution in [2.75, 3.05) is 30.4 Å². The third-order valence-electron chi connectivity index (χ3n) is 2.33. The third-order valence-corrected chi connectivity index (χ3v) is 5.52. The van der Waals surface area contributed by atoms with Crippen molar-refractivity contribution in [1.82, 2.24) is 4.72 Å². The van der Waals surface area contributed by atoms with Gasteiger partial charge in [-0.2, -0.15) is 11.8 Å². The van der Waals surface area contributed by atoms with Crippen molar-refractivity contribution in [3.63, 3.8) is 0 Å². The molecule has 0 fully saturated rings. The van der Waals surface area contributed by atoms with Crippen LogP contribution in [0.2, 0.25) is 0 Å². The van der Waals surface area contributed by atoms with E-state index in [-0.39, 0.29) is 28.2 Å². The molecule has 0 unspecified atom stereocenters. The van der Waals surface area contributed by atoms with Gasteiger partial charge in [0.05, 0.1) is 10.2 Å². The summed E-state index contributed by atoms with van der Waals surface area (Å²) in [5, 5.41) is 8.61. The Hall–Kier alpha value is -0.350. The molecule has 114 valence electrons. The monoisotopic (exact) mass is 386 g/mol. The van der Waals surface area contributed by atoms with Crippen LogP contribution in [0.3, 0.4) is 0 Å². The van der Waals surface area contributed by atoms with Gasteiger partial charge in [-0.15, -0.1) is 0 Å². The summed E-state index contributed by atoms with van der Waals surface area (Å²) < 4.78 is 39.7. The van der Waals surface area contributed by atoms with Crippen LogP contribution in [0.5, 0.6) is 0 Å². The van der Waals surface area contributed by atoms with Gasteiger partial charge in [0.1, 0.15) is 10.7 Å². The summed E-state index contributed by atoms with van der Waals surface area (Å²) in [6.07, 6.45) is 0.676. The molecule has 5 nitrogen and oxygen atoms in total. The molecule has 4 N–H and O–H groups in total. The Morgan fingerprint density at radius 3 is 2.75 bits per heavy atom. The molecule has 0 atom stereocenters. The van der Waals surface area contributed by atoms with Crippen molar-refractivity contribution in [1.29, 1.82) is 0 Å². The van der Waals surface area contributed by atoms with E-state index in [2.05, 4.69) is 20.7 Å². The second-order valence-electron chi connectivity index (χ2n) is 3.89. The van der Waals surface area contributed by atoms with E-state index in [0.29, 0.717) is 12.2 Å². The molecule has 20 heavy (non-hydrogen) atoms. The Kier molecular flexibility index (Phi) is 7.24. The van der Waals surface area contributed by atoms with E-state index in [1.807, 2.05) is 0 Å². The fourth-order valence-electron chi connectivity index (χ4n) is 1.37. The molecule has 0 radical (unpaired) electrons. The van der Waals surface area contributed by atoms with Crippen molar-refractivity contribution in [3.8, 4) is 0 Å². The molecule has 0 spiro atoms. The van der Waals surface area contributed by atoms with Crippen molar-refractivity contribution in [2.24, 2.45) is 0 Å². The minimum Gasteiger partial charge on any atom is -0.398 e. The van der Waals surface area contributed by atoms with Crippen LogP contribution < -0.4 is 10.5 Å². The lowest BCUT2D eigenvalue weighted by Gasteiger charge is -2.10. The van der Waals surface area contributed by atoms with Gasteiger partial charge < -0.3 is 10.8 Å². The number of halogens is 2. The maximum absolute atomic E-state index is 13.2. The van der Waals surface area contributed by atoms with Gasteiger partial charge in [0.25, 0.3) is 0 Å². The number of aliphatic hydroxyl groups excluding tert-OH is 1. The normalized spacial score (nSPS) is 11.8. The highest BCUT2D eigenvalue weighted by molar-refractivity contribution is 9.10. The average Bonchev–Trinajstić information content (AvgIpc) is 2.37. The molecule has 0 aliphatic rings. The summed E-state index contributed by atoms with van der Waals surface area (Å²) in [4.78, 5) is -0.147. The van der Waals surface area contributed by atoms with Gasteiger partial charge in [0, 0.05) is 18.9 Å². The number of thioether (sulfide) groups is 1. The number of rotatable bonds is 8. The van der Waals surface area contributed by atoms with Gasteiger partial charge in [0.15, 0.2) is 0 Å². The number of hydrogen-bond acceptors (Lipinski definition) is 5. The van der Waals surface area contributed by atoms with Gasteiger partial charge >= 0.3 is 0 Å². The maximum Gasteiger partial charge on any atom is 0.242 e. The van der Waals surface area contributed by atoms with Crippen molar-refractivity contribution in [2.45, 2.75) is 11.3 Å². The Labute approximate surface area is 130 Å². The van der Waals surface area contributed by atoms with Crippen molar-refractivity contribution < 1.29 is 17.9 Å². The molecule has 0 aromatic heterocycles. The zero-order chi connectivity index (χ0) is 15.2. The predicted molar refractivity (Wildman–Crippen MR) is 82.7 cm³/mol. The van der Waals surface area contributed by atoms with Crippen LogP contribution in [0, 0.1) is 5.82 Å². The molecule has 9 heteroatoms. The summed E-state index contributed by atoms with van der Waals surface area (Å²) in [5.74, 6) is 0.741. The minimum atomic E-state index is -3.76. The lowest BCUT2D eigenvalue weighted by molar-refractivity contribution is 0.296. The molecule has 1 aromatic rings. The average molecular weight is 387 g/mol. The van der Waals surface area contributed by atoms with Gasteiger partial charge in [-0.3, -0.25) is 0 Å². The van der Waals surface area contributed by atoms with Crippen LogP contribution in [0.25, 0.3) is 0 Å². The molecule has 0 aliphatic heterocycles. The fourth-order valence-corrected chi connectivity index (χ4v) is 3.95. The Morgan fingerprint density at radius 1 is 1.40 bits per heavy atom. The molecule has 0 bridgehead atoms. The maximum atomic E-state index is 13.2. The summed E-state index contributed by atoms with van der Waals surface area (Å²) in [6.45, 7) is 0.367. The highest BCUT2D eigenvalue weighted by Crippen LogP contribution is 2.25. The molecule has 0 saturated heterocycles. The summed E-state index contributed by atoms with van der Waals surface area (Å²) >= 11 is 4.47. The third kappa shape index (κ3) is 5.21. The molecule has 1 aromatic carbocycles. The Morgan fingerprint density at radius 2 is 2.10 bits per heavy atom. The number of nitrogens with one attached hydrogen (secondary N) is 1. The van der Waals surface area contributed by atoms with E-state index in [9.17, 15) is 12.8 Å². The molecule has 0 saturated carbocycles. The number of aliphatic hydroxyl groups is 1. The largest absolute Gasteiger partial charge is 0.398 e. The first-order valence-corrected chi connectivity index (χ1v) is 9.24. The summed E-state index contributed by atoms with van der Waals surface area (Å²) in [6, 6.07) is 2.11. The van der Waals surface area contributed by atoms with E-state index in [1.54, 1.807) is 0 Å². The van der Waals surface area contributed by atoms with E-state index in [1.165, 1.54) is 11.8 Å². The quantitative estimate of drug-likeness (QED) is 0.465. The van der Waals surface area contributed by atoms with Crippen LogP contribution in [0.1, 0.15) is 6.42 Å². The standard InChI is InChI=1S/C11H16BrFN2O3S2/c12-8-6-11(10(14)7-9(8)13)20(17,18)15-2-5-19-4-1-3-16/h6-7,15-16H,1-5,14H2. The molecule has 0 aliphatic carbocycles. The first-order valence-electron chi connectivity index (χ1n) is 5.81. The van der Waals surface area contributed by atoms with Crippen molar-refractivity contribution >= 4 is 43.4 Å². The number of benzene rings is 1. The number of sulfonamides is 1. The van der Waals surface area contributed by atoms with E-state index in [4.69, 9.17) is 10.8 Å². The number of hydrogen-bond donors (Lipinski definition) is 3. The van der Waals surface area contributed by atoms with Gasteiger partial charge in [-0.05, 0) is 40.2 Å². The van der Waals surface area contributed by atoms with E-state index >= 15 is 0 Å². The SMILES string of the molecule is Nc1cc(F)c(Br)cc1S(=O)(=O)NCCSCCCO. The topological polar surface area (TPSA) is 92.4 Å². The highest BCUT2D eigenvalue weighted by Gasteiger charge is 2.19. The molecular weight excluding hydrogens is 371 g/mol. The first-order chi connectivity index (χ1) is 9.38. The molecular formula is C11H16BrFN2O3S2. The van der Waals surface area contributed by atoms with E-state index in [0.717, 1.165) is 17.9 Å². The lowest BCUT2D eigenvalue weighted by Crippen LogP contribution is -2.27. The zero-order valence-electron chi connectivity index (χ0n) is 10.6. The van der Waals surface area contributed by atoms with Crippen LogP contribution in [-0.2, 0) is 10.0 Å². The first kappa shape index (κ1) is 17.7. The van der Waals surface area contributed by atoms with Gasteiger partial charge in [-0.25, -0.2) is 17.5 Å². The van der Waals surface area contributed by atoms with E-state index < -0.39 is 15.8 Å². The Balaban J connectivity index is 2.63. The minimum absolute atomic E-state index is 0.0457.